The van der Waals surface area contributed by atoms with Crippen molar-refractivity contribution in [2.45, 2.75) is 38.3 Å². The van der Waals surface area contributed by atoms with Gasteiger partial charge in [-0.15, -0.1) is 0 Å². The number of hydrogen-bond acceptors (Lipinski definition) is 4. The van der Waals surface area contributed by atoms with Gasteiger partial charge < -0.3 is 19.5 Å². The second-order valence-corrected chi connectivity index (χ2v) is 6.76. The van der Waals surface area contributed by atoms with Crippen LogP contribution in [0.5, 0.6) is 11.5 Å². The molecule has 1 fully saturated rings. The minimum atomic E-state index is 0.563. The Hall–Kier alpha value is -2.04. The minimum Gasteiger partial charge on any atom is -0.493 e. The first kappa shape index (κ1) is 18.7. The van der Waals surface area contributed by atoms with Crippen molar-refractivity contribution < 1.29 is 14.2 Å². The second-order valence-electron chi connectivity index (χ2n) is 6.76. The molecule has 1 aliphatic carbocycles. The van der Waals surface area contributed by atoms with E-state index in [0.29, 0.717) is 19.8 Å². The lowest BCUT2D eigenvalue weighted by molar-refractivity contribution is 0.172. The Labute approximate surface area is 156 Å². The van der Waals surface area contributed by atoms with E-state index in [1.165, 1.54) is 18.4 Å². The Bertz CT molecular complexity index is 656. The van der Waals surface area contributed by atoms with Crippen molar-refractivity contribution in [2.75, 3.05) is 26.9 Å². The van der Waals surface area contributed by atoms with E-state index in [-0.39, 0.29) is 0 Å². The molecule has 0 atom stereocenters. The van der Waals surface area contributed by atoms with Crippen molar-refractivity contribution in [2.24, 2.45) is 0 Å². The van der Waals surface area contributed by atoms with E-state index in [0.717, 1.165) is 42.5 Å². The van der Waals surface area contributed by atoms with Crippen molar-refractivity contribution in [1.82, 2.24) is 5.32 Å². The molecule has 2 aromatic carbocycles. The van der Waals surface area contributed by atoms with Gasteiger partial charge in [-0.3, -0.25) is 0 Å². The smallest absolute Gasteiger partial charge is 0.123 e. The van der Waals surface area contributed by atoms with Gasteiger partial charge in [0, 0.05) is 32.2 Å². The fourth-order valence-corrected chi connectivity index (χ4v) is 2.78. The number of hydrogen-bond donors (Lipinski definition) is 1. The summed E-state index contributed by atoms with van der Waals surface area (Å²) in [5.74, 6) is 1.73. The van der Waals surface area contributed by atoms with E-state index < -0.39 is 0 Å². The van der Waals surface area contributed by atoms with E-state index in [9.17, 15) is 0 Å². The van der Waals surface area contributed by atoms with Crippen LogP contribution in [-0.4, -0.2) is 32.9 Å². The molecule has 0 amide bonds. The van der Waals surface area contributed by atoms with Crippen LogP contribution in [0.2, 0.25) is 0 Å². The molecule has 4 nitrogen and oxygen atoms in total. The highest BCUT2D eigenvalue weighted by Gasteiger charge is 2.19. The first-order valence-electron chi connectivity index (χ1n) is 9.49. The van der Waals surface area contributed by atoms with Crippen LogP contribution in [0.1, 0.15) is 30.4 Å². The molecule has 0 radical (unpaired) electrons. The highest BCUT2D eigenvalue weighted by molar-refractivity contribution is 5.39. The summed E-state index contributed by atoms with van der Waals surface area (Å²) in [5.41, 5.74) is 2.40. The average Bonchev–Trinajstić information content (AvgIpc) is 3.49. The molecule has 1 aliphatic rings. The fourth-order valence-electron chi connectivity index (χ4n) is 2.78. The predicted octanol–water partition coefficient (Wildman–Crippen LogP) is 3.98. The number of methoxy groups -OCH3 is 1. The Morgan fingerprint density at radius 3 is 2.42 bits per heavy atom. The molecule has 140 valence electrons. The highest BCUT2D eigenvalue weighted by atomic mass is 16.5. The van der Waals surface area contributed by atoms with Gasteiger partial charge in [0.25, 0.3) is 0 Å². The first-order valence-corrected chi connectivity index (χ1v) is 9.49. The standard InChI is InChI=1S/C22H29NO3/c1-24-12-5-13-25-21-14-19(10-11-23-20-8-9-20)15-22(16-21)26-17-18-6-3-2-4-7-18/h2-4,6-7,14-16,20,23H,5,8-13,17H2,1H3. The molecule has 0 heterocycles. The largest absolute Gasteiger partial charge is 0.493 e. The maximum Gasteiger partial charge on any atom is 0.123 e. The average molecular weight is 355 g/mol. The molecule has 2 aromatic rings. The number of nitrogens with one attached hydrogen (secondary N) is 1. The van der Waals surface area contributed by atoms with Crippen LogP contribution >= 0.6 is 0 Å². The van der Waals surface area contributed by atoms with Crippen LogP contribution in [-0.2, 0) is 17.8 Å². The summed E-state index contributed by atoms with van der Waals surface area (Å²) in [5, 5.41) is 3.56. The Balaban J connectivity index is 1.59. The van der Waals surface area contributed by atoms with Gasteiger partial charge in [-0.05, 0) is 49.1 Å². The summed E-state index contributed by atoms with van der Waals surface area (Å²) in [4.78, 5) is 0. The maximum atomic E-state index is 6.02. The summed E-state index contributed by atoms with van der Waals surface area (Å²) in [6, 6.07) is 17.2. The lowest BCUT2D eigenvalue weighted by Crippen LogP contribution is -2.19. The van der Waals surface area contributed by atoms with Crippen molar-refractivity contribution in [1.29, 1.82) is 0 Å². The van der Waals surface area contributed by atoms with Crippen molar-refractivity contribution >= 4 is 0 Å². The minimum absolute atomic E-state index is 0.563. The molecule has 1 saturated carbocycles. The Morgan fingerprint density at radius 1 is 0.923 bits per heavy atom. The van der Waals surface area contributed by atoms with Crippen molar-refractivity contribution in [3.8, 4) is 11.5 Å². The summed E-state index contributed by atoms with van der Waals surface area (Å²) in [6.07, 6.45) is 4.49. The van der Waals surface area contributed by atoms with Gasteiger partial charge in [-0.1, -0.05) is 30.3 Å². The molecule has 0 aliphatic heterocycles. The third-order valence-corrected chi connectivity index (χ3v) is 4.37. The molecular weight excluding hydrogens is 326 g/mol. The molecule has 0 unspecified atom stereocenters. The maximum absolute atomic E-state index is 6.02. The van der Waals surface area contributed by atoms with Gasteiger partial charge in [0.15, 0.2) is 0 Å². The van der Waals surface area contributed by atoms with Crippen molar-refractivity contribution in [3.63, 3.8) is 0 Å². The van der Waals surface area contributed by atoms with Crippen LogP contribution < -0.4 is 14.8 Å². The second kappa shape index (κ2) is 10.2. The highest BCUT2D eigenvalue weighted by Crippen LogP contribution is 2.25. The zero-order chi connectivity index (χ0) is 18.0. The molecule has 1 N–H and O–H groups in total. The topological polar surface area (TPSA) is 39.7 Å². The predicted molar refractivity (Wildman–Crippen MR) is 104 cm³/mol. The molecular formula is C22H29NO3. The normalized spacial score (nSPS) is 13.6. The summed E-state index contributed by atoms with van der Waals surface area (Å²) in [6.45, 7) is 2.92. The van der Waals surface area contributed by atoms with Crippen LogP contribution in [0, 0.1) is 0 Å². The molecule has 0 aromatic heterocycles. The van der Waals surface area contributed by atoms with Gasteiger partial charge in [0.1, 0.15) is 18.1 Å². The summed E-state index contributed by atoms with van der Waals surface area (Å²) in [7, 11) is 1.71. The third kappa shape index (κ3) is 6.70. The monoisotopic (exact) mass is 355 g/mol. The molecule has 0 bridgehead atoms. The van der Waals surface area contributed by atoms with E-state index in [1.54, 1.807) is 7.11 Å². The summed E-state index contributed by atoms with van der Waals surface area (Å²) >= 11 is 0. The van der Waals surface area contributed by atoms with Gasteiger partial charge in [-0.25, -0.2) is 0 Å². The Morgan fingerprint density at radius 2 is 1.69 bits per heavy atom. The summed E-state index contributed by atoms with van der Waals surface area (Å²) < 4.78 is 17.0. The lowest BCUT2D eigenvalue weighted by atomic mass is 10.1. The van der Waals surface area contributed by atoms with Crippen LogP contribution in [0.4, 0.5) is 0 Å². The van der Waals surface area contributed by atoms with Gasteiger partial charge >= 0.3 is 0 Å². The third-order valence-electron chi connectivity index (χ3n) is 4.37. The zero-order valence-corrected chi connectivity index (χ0v) is 15.6. The first-order chi connectivity index (χ1) is 12.8. The number of rotatable bonds is 12. The fraction of sp³-hybridized carbons (Fsp3) is 0.455. The van der Waals surface area contributed by atoms with Crippen molar-refractivity contribution in [3.05, 3.63) is 59.7 Å². The molecule has 0 spiro atoms. The van der Waals surface area contributed by atoms with E-state index in [2.05, 4.69) is 29.6 Å². The molecule has 26 heavy (non-hydrogen) atoms. The van der Waals surface area contributed by atoms with Gasteiger partial charge in [0.05, 0.1) is 6.61 Å². The van der Waals surface area contributed by atoms with E-state index in [1.807, 2.05) is 24.3 Å². The van der Waals surface area contributed by atoms with Gasteiger partial charge in [0.2, 0.25) is 0 Å². The lowest BCUT2D eigenvalue weighted by Gasteiger charge is -2.13. The zero-order valence-electron chi connectivity index (χ0n) is 15.6. The molecule has 0 saturated heterocycles. The quantitative estimate of drug-likeness (QED) is 0.585. The number of benzene rings is 2. The SMILES string of the molecule is COCCCOc1cc(CCNC2CC2)cc(OCc2ccccc2)c1. The number of ether oxygens (including phenoxy) is 3. The van der Waals surface area contributed by atoms with E-state index in [4.69, 9.17) is 14.2 Å². The van der Waals surface area contributed by atoms with Gasteiger partial charge in [-0.2, -0.15) is 0 Å². The van der Waals surface area contributed by atoms with Crippen LogP contribution in [0.3, 0.4) is 0 Å². The Kier molecular flexibility index (Phi) is 7.35. The van der Waals surface area contributed by atoms with Crippen LogP contribution in [0.15, 0.2) is 48.5 Å². The molecule has 3 rings (SSSR count). The molecule has 4 heteroatoms. The van der Waals surface area contributed by atoms with E-state index >= 15 is 0 Å². The van der Waals surface area contributed by atoms with Crippen LogP contribution in [0.25, 0.3) is 0 Å².